The predicted octanol–water partition coefficient (Wildman–Crippen LogP) is 1.50. The lowest BCUT2D eigenvalue weighted by atomic mass is 10.2. The molecule has 3 heteroatoms. The van der Waals surface area contributed by atoms with Gasteiger partial charge in [-0.1, -0.05) is 12.5 Å². The quantitative estimate of drug-likeness (QED) is 0.354. The van der Waals surface area contributed by atoms with E-state index < -0.39 is 0 Å². The highest BCUT2D eigenvalue weighted by Crippen LogP contribution is 1.98. The molecule has 0 radical (unpaired) electrons. The SMILES string of the molecule is C=CCCCCCNCC(=O)OC. The van der Waals surface area contributed by atoms with Gasteiger partial charge in [-0.25, -0.2) is 0 Å². The second kappa shape index (κ2) is 9.26. The first-order valence-electron chi connectivity index (χ1n) is 4.69. The van der Waals surface area contributed by atoms with E-state index in [2.05, 4.69) is 16.6 Å². The molecule has 0 spiro atoms. The van der Waals surface area contributed by atoms with Crippen molar-refractivity contribution in [2.45, 2.75) is 25.7 Å². The largest absolute Gasteiger partial charge is 0.468 e. The molecule has 76 valence electrons. The number of carbonyl (C=O) groups is 1. The zero-order chi connectivity index (χ0) is 9.94. The fourth-order valence-corrected chi connectivity index (χ4v) is 0.978. The van der Waals surface area contributed by atoms with Crippen LogP contribution in [0.5, 0.6) is 0 Å². The Hall–Kier alpha value is -0.830. The summed E-state index contributed by atoms with van der Waals surface area (Å²) >= 11 is 0. The topological polar surface area (TPSA) is 38.3 Å². The number of methoxy groups -OCH3 is 1. The zero-order valence-electron chi connectivity index (χ0n) is 8.34. The van der Waals surface area contributed by atoms with E-state index in [4.69, 9.17) is 0 Å². The van der Waals surface area contributed by atoms with Gasteiger partial charge >= 0.3 is 5.97 Å². The predicted molar refractivity (Wildman–Crippen MR) is 53.6 cm³/mol. The van der Waals surface area contributed by atoms with Gasteiger partial charge in [-0.3, -0.25) is 4.79 Å². The number of esters is 1. The smallest absolute Gasteiger partial charge is 0.319 e. The van der Waals surface area contributed by atoms with E-state index in [0.29, 0.717) is 6.54 Å². The van der Waals surface area contributed by atoms with E-state index >= 15 is 0 Å². The van der Waals surface area contributed by atoms with E-state index in [-0.39, 0.29) is 5.97 Å². The molecule has 0 fully saturated rings. The summed E-state index contributed by atoms with van der Waals surface area (Å²) in [6.07, 6.45) is 6.48. The molecule has 1 N–H and O–H groups in total. The monoisotopic (exact) mass is 185 g/mol. The molecule has 0 aromatic carbocycles. The summed E-state index contributed by atoms with van der Waals surface area (Å²) in [5.74, 6) is -0.203. The van der Waals surface area contributed by atoms with Crippen LogP contribution in [0.25, 0.3) is 0 Å². The third-order valence-electron chi connectivity index (χ3n) is 1.76. The highest BCUT2D eigenvalue weighted by atomic mass is 16.5. The average Bonchev–Trinajstić information content (AvgIpc) is 2.16. The Labute approximate surface area is 80.2 Å². The van der Waals surface area contributed by atoms with Gasteiger partial charge in [0.15, 0.2) is 0 Å². The second-order valence-corrected chi connectivity index (χ2v) is 2.89. The third-order valence-corrected chi connectivity index (χ3v) is 1.76. The fraction of sp³-hybridized carbons (Fsp3) is 0.700. The molecule has 0 rings (SSSR count). The van der Waals surface area contributed by atoms with E-state index in [1.54, 1.807) is 0 Å². The molecule has 0 aliphatic rings. The van der Waals surface area contributed by atoms with Crippen LogP contribution in [0.4, 0.5) is 0 Å². The Morgan fingerprint density at radius 3 is 2.85 bits per heavy atom. The van der Waals surface area contributed by atoms with Gasteiger partial charge in [0, 0.05) is 0 Å². The molecule has 3 nitrogen and oxygen atoms in total. The number of hydrogen-bond acceptors (Lipinski definition) is 3. The van der Waals surface area contributed by atoms with Crippen LogP contribution in [0.15, 0.2) is 12.7 Å². The van der Waals surface area contributed by atoms with Crippen LogP contribution < -0.4 is 5.32 Å². The molecule has 0 aliphatic carbocycles. The van der Waals surface area contributed by atoms with Gasteiger partial charge in [-0.05, 0) is 25.8 Å². The van der Waals surface area contributed by atoms with Crippen LogP contribution in [-0.2, 0) is 9.53 Å². The van der Waals surface area contributed by atoms with Crippen molar-refractivity contribution in [2.75, 3.05) is 20.2 Å². The minimum absolute atomic E-state index is 0.203. The number of allylic oxidation sites excluding steroid dienone is 1. The van der Waals surface area contributed by atoms with Gasteiger partial charge in [-0.15, -0.1) is 6.58 Å². The van der Waals surface area contributed by atoms with Gasteiger partial charge in [0.2, 0.25) is 0 Å². The van der Waals surface area contributed by atoms with Crippen molar-refractivity contribution in [3.63, 3.8) is 0 Å². The van der Waals surface area contributed by atoms with Gasteiger partial charge in [0.25, 0.3) is 0 Å². The van der Waals surface area contributed by atoms with Crippen LogP contribution in [0.1, 0.15) is 25.7 Å². The molecule has 0 saturated heterocycles. The van der Waals surface area contributed by atoms with Crippen molar-refractivity contribution in [3.05, 3.63) is 12.7 Å². The Kier molecular flexibility index (Phi) is 8.67. The number of unbranched alkanes of at least 4 members (excludes halogenated alkanes) is 3. The van der Waals surface area contributed by atoms with Crippen molar-refractivity contribution in [2.24, 2.45) is 0 Å². The molecule has 13 heavy (non-hydrogen) atoms. The number of hydrogen-bond donors (Lipinski definition) is 1. The number of carbonyl (C=O) groups excluding carboxylic acids is 1. The maximum absolute atomic E-state index is 10.6. The van der Waals surface area contributed by atoms with Crippen LogP contribution in [0, 0.1) is 0 Å². The molecule has 0 atom stereocenters. The minimum atomic E-state index is -0.203. The maximum Gasteiger partial charge on any atom is 0.319 e. The summed E-state index contributed by atoms with van der Waals surface area (Å²) in [6, 6.07) is 0. The van der Waals surface area contributed by atoms with Crippen molar-refractivity contribution in [1.82, 2.24) is 5.32 Å². The lowest BCUT2D eigenvalue weighted by Gasteiger charge is -2.02. The van der Waals surface area contributed by atoms with E-state index in [1.807, 2.05) is 6.08 Å². The maximum atomic E-state index is 10.6. The van der Waals surface area contributed by atoms with Gasteiger partial charge < -0.3 is 10.1 Å². The first kappa shape index (κ1) is 12.2. The normalized spacial score (nSPS) is 9.62. The van der Waals surface area contributed by atoms with E-state index in [9.17, 15) is 4.79 Å². The van der Waals surface area contributed by atoms with E-state index in [0.717, 1.165) is 19.4 Å². The van der Waals surface area contributed by atoms with Gasteiger partial charge in [-0.2, -0.15) is 0 Å². The Morgan fingerprint density at radius 1 is 1.46 bits per heavy atom. The lowest BCUT2D eigenvalue weighted by Crippen LogP contribution is -2.24. The molecule has 0 unspecified atom stereocenters. The van der Waals surface area contributed by atoms with Crippen molar-refractivity contribution < 1.29 is 9.53 Å². The van der Waals surface area contributed by atoms with E-state index in [1.165, 1.54) is 20.0 Å². The zero-order valence-corrected chi connectivity index (χ0v) is 8.34. The van der Waals surface area contributed by atoms with Crippen LogP contribution in [0.3, 0.4) is 0 Å². The summed E-state index contributed by atoms with van der Waals surface area (Å²) in [5.41, 5.74) is 0. The van der Waals surface area contributed by atoms with Gasteiger partial charge in [0.05, 0.1) is 13.7 Å². The molecular weight excluding hydrogens is 166 g/mol. The fourth-order valence-electron chi connectivity index (χ4n) is 0.978. The average molecular weight is 185 g/mol. The summed E-state index contributed by atoms with van der Waals surface area (Å²) in [7, 11) is 1.40. The minimum Gasteiger partial charge on any atom is -0.468 e. The standard InChI is InChI=1S/C10H19NO2/c1-3-4-5-6-7-8-11-9-10(12)13-2/h3,11H,1,4-9H2,2H3. The highest BCUT2D eigenvalue weighted by Gasteiger charge is 1.96. The molecule has 0 aromatic heterocycles. The third kappa shape index (κ3) is 9.08. The van der Waals surface area contributed by atoms with Crippen molar-refractivity contribution >= 4 is 5.97 Å². The van der Waals surface area contributed by atoms with Crippen molar-refractivity contribution in [3.8, 4) is 0 Å². The summed E-state index contributed by atoms with van der Waals surface area (Å²) < 4.78 is 4.48. The number of nitrogens with one attached hydrogen (secondary N) is 1. The first-order chi connectivity index (χ1) is 6.31. The van der Waals surface area contributed by atoms with Crippen LogP contribution >= 0.6 is 0 Å². The molecule has 0 aliphatic heterocycles. The Balaban J connectivity index is 2.99. The second-order valence-electron chi connectivity index (χ2n) is 2.89. The molecule has 0 bridgehead atoms. The summed E-state index contributed by atoms with van der Waals surface area (Å²) in [6.45, 7) is 4.85. The summed E-state index contributed by atoms with van der Waals surface area (Å²) in [4.78, 5) is 10.6. The highest BCUT2D eigenvalue weighted by molar-refractivity contribution is 5.71. The molecule has 0 saturated carbocycles. The molecule has 0 aromatic rings. The molecular formula is C10H19NO2. The molecule has 0 amide bonds. The first-order valence-corrected chi connectivity index (χ1v) is 4.69. The van der Waals surface area contributed by atoms with Crippen LogP contribution in [-0.4, -0.2) is 26.2 Å². The summed E-state index contributed by atoms with van der Waals surface area (Å²) in [5, 5.41) is 3.01. The molecule has 0 heterocycles. The van der Waals surface area contributed by atoms with Gasteiger partial charge in [0.1, 0.15) is 0 Å². The Bertz CT molecular complexity index is 146. The lowest BCUT2D eigenvalue weighted by molar-refractivity contribution is -0.139. The van der Waals surface area contributed by atoms with Crippen molar-refractivity contribution in [1.29, 1.82) is 0 Å². The number of rotatable bonds is 8. The number of ether oxygens (including phenoxy) is 1. The Morgan fingerprint density at radius 2 is 2.23 bits per heavy atom. The van der Waals surface area contributed by atoms with Crippen LogP contribution in [0.2, 0.25) is 0 Å².